The number of aromatic amines is 1. The molecule has 1 N–H and O–H groups in total. The molecule has 0 unspecified atom stereocenters. The van der Waals surface area contributed by atoms with Crippen molar-refractivity contribution in [1.82, 2.24) is 4.98 Å². The molecule has 21 heavy (non-hydrogen) atoms. The van der Waals surface area contributed by atoms with Crippen molar-refractivity contribution in [1.29, 1.82) is 0 Å². The van der Waals surface area contributed by atoms with Crippen molar-refractivity contribution in [3.05, 3.63) is 55.2 Å². The number of thiazole rings is 1. The average Bonchev–Trinajstić information content (AvgIpc) is 2.71. The van der Waals surface area contributed by atoms with Crippen LogP contribution >= 0.6 is 11.3 Å². The number of carbonyl (C=O) groups excluding carboxylic acids is 1. The number of ketones is 1. The molecule has 2 aromatic rings. The maximum absolute atomic E-state index is 12.8. The lowest BCUT2D eigenvalue weighted by atomic mass is 9.91. The van der Waals surface area contributed by atoms with Crippen LogP contribution in [-0.2, 0) is 4.79 Å². The zero-order chi connectivity index (χ0) is 15.6. The van der Waals surface area contributed by atoms with Gasteiger partial charge in [0.15, 0.2) is 5.78 Å². The largest absolute Gasteiger partial charge is 0.313 e. The van der Waals surface area contributed by atoms with Gasteiger partial charge in [-0.05, 0) is 23.8 Å². The third-order valence-corrected chi connectivity index (χ3v) is 3.81. The Labute approximate surface area is 125 Å². The van der Waals surface area contributed by atoms with Crippen LogP contribution in [0.25, 0.3) is 12.2 Å². The Morgan fingerprint density at radius 3 is 2.43 bits per heavy atom. The molecule has 5 heteroatoms. The smallest absolute Gasteiger partial charge is 0.266 e. The molecule has 0 aliphatic carbocycles. The molecule has 0 saturated heterocycles. The first-order valence-electron chi connectivity index (χ1n) is 6.48. The lowest BCUT2D eigenvalue weighted by molar-refractivity contribution is -0.119. The molecule has 1 aromatic heterocycles. The Bertz CT molecular complexity index is 823. The van der Waals surface area contributed by atoms with Gasteiger partial charge in [-0.1, -0.05) is 32.9 Å². The maximum Gasteiger partial charge on any atom is 0.266 e. The van der Waals surface area contributed by atoms with E-state index in [1.54, 1.807) is 18.2 Å². The minimum Gasteiger partial charge on any atom is -0.313 e. The number of H-pyrrole nitrogens is 1. The van der Waals surface area contributed by atoms with Gasteiger partial charge in [0.2, 0.25) is 0 Å². The number of carbonyl (C=O) groups is 1. The molecule has 0 fully saturated rings. The van der Waals surface area contributed by atoms with Crippen molar-refractivity contribution < 1.29 is 9.18 Å². The minimum absolute atomic E-state index is 0.0478. The summed E-state index contributed by atoms with van der Waals surface area (Å²) in [6.07, 6.45) is 3.12. The predicted octanol–water partition coefficient (Wildman–Crippen LogP) is 1.80. The van der Waals surface area contributed by atoms with E-state index in [1.807, 2.05) is 20.8 Å². The Balaban J connectivity index is 2.45. The van der Waals surface area contributed by atoms with Crippen molar-refractivity contribution >= 4 is 29.3 Å². The van der Waals surface area contributed by atoms with Crippen LogP contribution in [0.15, 0.2) is 29.1 Å². The maximum atomic E-state index is 12.8. The van der Waals surface area contributed by atoms with Crippen LogP contribution in [0.5, 0.6) is 0 Å². The predicted molar refractivity (Wildman–Crippen MR) is 83.1 cm³/mol. The number of nitrogens with one attached hydrogen (secondary N) is 1. The SMILES string of the molecule is CC(C)(C)C(=O)/C=c1/[nH]c(=O)/c(=C/c2ccc(F)cc2)s1. The fourth-order valence-corrected chi connectivity index (χ4v) is 2.46. The number of hydrogen-bond donors (Lipinski definition) is 1. The fraction of sp³-hybridized carbons (Fsp3) is 0.250. The monoisotopic (exact) mass is 305 g/mol. The summed E-state index contributed by atoms with van der Waals surface area (Å²) in [6, 6.07) is 5.87. The van der Waals surface area contributed by atoms with Crippen LogP contribution in [0.2, 0.25) is 0 Å². The van der Waals surface area contributed by atoms with Gasteiger partial charge in [-0.25, -0.2) is 4.39 Å². The summed E-state index contributed by atoms with van der Waals surface area (Å²) in [5.41, 5.74) is -0.00318. The lowest BCUT2D eigenvalue weighted by Crippen LogP contribution is -2.22. The second-order valence-electron chi connectivity index (χ2n) is 5.74. The van der Waals surface area contributed by atoms with E-state index in [-0.39, 0.29) is 17.2 Å². The number of benzene rings is 1. The van der Waals surface area contributed by atoms with Gasteiger partial charge < -0.3 is 4.98 Å². The number of halogens is 1. The average molecular weight is 305 g/mol. The summed E-state index contributed by atoms with van der Waals surface area (Å²) in [5, 5.41) is 0. The number of Topliss-reactive ketones (excluding diaryl/α,β-unsaturated/α-hetero) is 1. The van der Waals surface area contributed by atoms with Crippen LogP contribution in [0.3, 0.4) is 0 Å². The first kappa shape index (κ1) is 15.4. The van der Waals surface area contributed by atoms with E-state index in [1.165, 1.54) is 29.5 Å². The third-order valence-electron chi connectivity index (χ3n) is 2.85. The summed E-state index contributed by atoms with van der Waals surface area (Å²) in [5.74, 6) is -0.370. The minimum atomic E-state index is -0.484. The second kappa shape index (κ2) is 5.77. The van der Waals surface area contributed by atoms with Gasteiger partial charge in [0.1, 0.15) is 5.82 Å². The van der Waals surface area contributed by atoms with Crippen molar-refractivity contribution in [3.8, 4) is 0 Å². The van der Waals surface area contributed by atoms with Crippen LogP contribution in [0.4, 0.5) is 4.39 Å². The molecule has 0 saturated carbocycles. The van der Waals surface area contributed by atoms with Crippen molar-refractivity contribution in [2.24, 2.45) is 5.41 Å². The zero-order valence-electron chi connectivity index (χ0n) is 12.1. The summed E-state index contributed by atoms with van der Waals surface area (Å²) in [7, 11) is 0. The fourth-order valence-electron chi connectivity index (χ4n) is 1.57. The van der Waals surface area contributed by atoms with Crippen LogP contribution in [0, 0.1) is 11.2 Å². The van der Waals surface area contributed by atoms with Crippen molar-refractivity contribution in [2.75, 3.05) is 0 Å². The van der Waals surface area contributed by atoms with Gasteiger partial charge in [0.25, 0.3) is 5.56 Å². The van der Waals surface area contributed by atoms with Gasteiger partial charge >= 0.3 is 0 Å². The van der Waals surface area contributed by atoms with E-state index in [9.17, 15) is 14.0 Å². The quantitative estimate of drug-likeness (QED) is 0.920. The van der Waals surface area contributed by atoms with Gasteiger partial charge in [-0.3, -0.25) is 9.59 Å². The normalized spacial score (nSPS) is 13.7. The molecular formula is C16H16FNO2S. The summed E-state index contributed by atoms with van der Waals surface area (Å²) in [6.45, 7) is 5.47. The van der Waals surface area contributed by atoms with Crippen LogP contribution in [-0.4, -0.2) is 10.8 Å². The van der Waals surface area contributed by atoms with Gasteiger partial charge in [0, 0.05) is 11.5 Å². The van der Waals surface area contributed by atoms with Gasteiger partial charge in [0.05, 0.1) is 9.20 Å². The van der Waals surface area contributed by atoms with E-state index in [2.05, 4.69) is 4.98 Å². The Morgan fingerprint density at radius 1 is 1.24 bits per heavy atom. The molecule has 1 heterocycles. The van der Waals surface area contributed by atoms with Gasteiger partial charge in [-0.15, -0.1) is 11.3 Å². The molecule has 3 nitrogen and oxygen atoms in total. The highest BCUT2D eigenvalue weighted by Crippen LogP contribution is 2.14. The molecule has 0 bridgehead atoms. The molecular weight excluding hydrogens is 289 g/mol. The van der Waals surface area contributed by atoms with Crippen LogP contribution < -0.4 is 14.8 Å². The molecule has 0 spiro atoms. The molecule has 1 aromatic carbocycles. The van der Waals surface area contributed by atoms with E-state index in [4.69, 9.17) is 0 Å². The Kier molecular flexibility index (Phi) is 4.23. The lowest BCUT2D eigenvalue weighted by Gasteiger charge is -2.12. The van der Waals surface area contributed by atoms with Crippen molar-refractivity contribution in [3.63, 3.8) is 0 Å². The first-order chi connectivity index (χ1) is 9.75. The topological polar surface area (TPSA) is 49.9 Å². The highest BCUT2D eigenvalue weighted by Gasteiger charge is 2.18. The number of rotatable bonds is 2. The summed E-state index contributed by atoms with van der Waals surface area (Å²) < 4.78 is 13.8. The van der Waals surface area contributed by atoms with Crippen molar-refractivity contribution in [2.45, 2.75) is 20.8 Å². The Morgan fingerprint density at radius 2 is 1.86 bits per heavy atom. The Hall–Kier alpha value is -2.01. The molecule has 0 amide bonds. The standard InChI is InChI=1S/C16H16FNO2S/c1-16(2,3)13(19)9-14-18-15(20)12(21-14)8-10-4-6-11(17)7-5-10/h4-9H,1-3H3,(H,18,20)/b12-8-,14-9-. The highest BCUT2D eigenvalue weighted by molar-refractivity contribution is 7.07. The molecule has 0 atom stereocenters. The second-order valence-corrected chi connectivity index (χ2v) is 6.82. The molecule has 0 aliphatic heterocycles. The van der Waals surface area contributed by atoms with E-state index in [0.29, 0.717) is 9.20 Å². The zero-order valence-corrected chi connectivity index (χ0v) is 12.9. The third kappa shape index (κ3) is 3.98. The van der Waals surface area contributed by atoms with Crippen LogP contribution in [0.1, 0.15) is 26.3 Å². The molecule has 2 rings (SSSR count). The number of aromatic nitrogens is 1. The van der Waals surface area contributed by atoms with E-state index >= 15 is 0 Å². The molecule has 0 aliphatic rings. The summed E-state index contributed by atoms with van der Waals surface area (Å²) in [4.78, 5) is 26.4. The molecule has 110 valence electrons. The van der Waals surface area contributed by atoms with Gasteiger partial charge in [-0.2, -0.15) is 0 Å². The number of hydrogen-bond acceptors (Lipinski definition) is 3. The summed E-state index contributed by atoms with van der Waals surface area (Å²) >= 11 is 1.21. The molecule has 0 radical (unpaired) electrons. The van der Waals surface area contributed by atoms with E-state index in [0.717, 1.165) is 5.56 Å². The first-order valence-corrected chi connectivity index (χ1v) is 7.30. The highest BCUT2D eigenvalue weighted by atomic mass is 32.1. The van der Waals surface area contributed by atoms with E-state index < -0.39 is 5.41 Å².